The van der Waals surface area contributed by atoms with Crippen molar-refractivity contribution in [3.8, 4) is 0 Å². The molecule has 5 nitrogen and oxygen atoms in total. The zero-order chi connectivity index (χ0) is 20.1. The largest absolute Gasteiger partial charge is 0.367 e. The smallest absolute Gasteiger partial charge is 0.257 e. The first-order valence-electron chi connectivity index (χ1n) is 9.69. The third-order valence-electron chi connectivity index (χ3n) is 5.06. The summed E-state index contributed by atoms with van der Waals surface area (Å²) >= 11 is 5.39. The first-order chi connectivity index (χ1) is 13.4. The molecule has 1 amide bonds. The zero-order valence-corrected chi connectivity index (χ0v) is 17.6. The average Bonchev–Trinajstić information content (AvgIpc) is 2.69. The van der Waals surface area contributed by atoms with E-state index in [0.29, 0.717) is 16.6 Å². The number of carbonyl (C=O) groups is 1. The summed E-state index contributed by atoms with van der Waals surface area (Å²) in [6.07, 6.45) is 0. The first kappa shape index (κ1) is 20.3. The lowest BCUT2D eigenvalue weighted by Gasteiger charge is -2.35. The fourth-order valence-corrected chi connectivity index (χ4v) is 3.45. The number of rotatable bonds is 4. The predicted octanol–water partition coefficient (Wildman–Crippen LogP) is 3.69. The molecule has 0 unspecified atom stereocenters. The second-order valence-corrected chi connectivity index (χ2v) is 7.90. The third kappa shape index (κ3) is 5.09. The molecule has 0 spiro atoms. The van der Waals surface area contributed by atoms with Crippen LogP contribution in [0.1, 0.15) is 35.7 Å². The molecule has 1 aliphatic rings. The Morgan fingerprint density at radius 2 is 1.64 bits per heavy atom. The van der Waals surface area contributed by atoms with Gasteiger partial charge in [-0.2, -0.15) is 0 Å². The maximum absolute atomic E-state index is 12.5. The number of carbonyl (C=O) groups excluding carboxylic acids is 1. The van der Waals surface area contributed by atoms with Crippen LogP contribution in [0.25, 0.3) is 0 Å². The Hall–Kier alpha value is -2.44. The van der Waals surface area contributed by atoms with Gasteiger partial charge < -0.3 is 15.1 Å². The molecule has 2 aromatic carbocycles. The van der Waals surface area contributed by atoms with Crippen LogP contribution in [-0.2, 0) is 0 Å². The SMILES string of the molecule is CC(C)c1ccc(C(=O)NC(=S)Nc2ccccc2N2CCN(C)CC2)cc1. The van der Waals surface area contributed by atoms with Gasteiger partial charge in [0.25, 0.3) is 5.91 Å². The summed E-state index contributed by atoms with van der Waals surface area (Å²) in [5.74, 6) is 0.232. The summed E-state index contributed by atoms with van der Waals surface area (Å²) in [6.45, 7) is 8.26. The molecule has 0 bridgehead atoms. The van der Waals surface area contributed by atoms with Crippen molar-refractivity contribution in [3.63, 3.8) is 0 Å². The van der Waals surface area contributed by atoms with Crippen molar-refractivity contribution in [3.05, 3.63) is 59.7 Å². The van der Waals surface area contributed by atoms with Crippen molar-refractivity contribution in [1.29, 1.82) is 0 Å². The number of nitrogens with zero attached hydrogens (tertiary/aromatic N) is 2. The predicted molar refractivity (Wildman–Crippen MR) is 120 cm³/mol. The van der Waals surface area contributed by atoms with Gasteiger partial charge in [-0.25, -0.2) is 0 Å². The van der Waals surface area contributed by atoms with Crippen molar-refractivity contribution in [2.24, 2.45) is 0 Å². The Kier molecular flexibility index (Phi) is 6.65. The second-order valence-electron chi connectivity index (χ2n) is 7.49. The number of anilines is 2. The molecule has 28 heavy (non-hydrogen) atoms. The Balaban J connectivity index is 1.64. The minimum atomic E-state index is -0.204. The van der Waals surface area contributed by atoms with E-state index in [9.17, 15) is 4.79 Å². The molecule has 2 N–H and O–H groups in total. The van der Waals surface area contributed by atoms with Gasteiger partial charge in [-0.3, -0.25) is 10.1 Å². The molecule has 1 heterocycles. The molecular formula is C22H28N4OS. The highest BCUT2D eigenvalue weighted by Gasteiger charge is 2.17. The molecule has 0 atom stereocenters. The molecule has 1 fully saturated rings. The fourth-order valence-electron chi connectivity index (χ4n) is 3.25. The van der Waals surface area contributed by atoms with E-state index < -0.39 is 0 Å². The van der Waals surface area contributed by atoms with Crippen LogP contribution in [0.3, 0.4) is 0 Å². The van der Waals surface area contributed by atoms with Gasteiger partial charge in [-0.05, 0) is 55.0 Å². The summed E-state index contributed by atoms with van der Waals surface area (Å²) in [6, 6.07) is 15.7. The van der Waals surface area contributed by atoms with Crippen LogP contribution in [0.2, 0.25) is 0 Å². The number of thiocarbonyl (C=S) groups is 1. The normalized spacial score (nSPS) is 14.8. The van der Waals surface area contributed by atoms with Gasteiger partial charge in [0.2, 0.25) is 0 Å². The van der Waals surface area contributed by atoms with E-state index in [2.05, 4.69) is 47.4 Å². The average molecular weight is 397 g/mol. The third-order valence-corrected chi connectivity index (χ3v) is 5.27. The number of piperazine rings is 1. The van der Waals surface area contributed by atoms with Crippen LogP contribution >= 0.6 is 12.2 Å². The van der Waals surface area contributed by atoms with E-state index in [1.807, 2.05) is 42.5 Å². The van der Waals surface area contributed by atoms with Crippen molar-refractivity contribution < 1.29 is 4.79 Å². The van der Waals surface area contributed by atoms with E-state index in [0.717, 1.165) is 37.6 Å². The molecule has 0 aliphatic carbocycles. The number of hydrogen-bond acceptors (Lipinski definition) is 4. The summed E-state index contributed by atoms with van der Waals surface area (Å²) < 4.78 is 0. The van der Waals surface area contributed by atoms with Crippen molar-refractivity contribution >= 4 is 34.6 Å². The molecule has 2 aromatic rings. The molecule has 0 radical (unpaired) electrons. The lowest BCUT2D eigenvalue weighted by atomic mass is 10.0. The van der Waals surface area contributed by atoms with Crippen molar-refractivity contribution in [2.45, 2.75) is 19.8 Å². The van der Waals surface area contributed by atoms with Gasteiger partial charge in [-0.1, -0.05) is 38.1 Å². The van der Waals surface area contributed by atoms with Crippen LogP contribution in [0.15, 0.2) is 48.5 Å². The van der Waals surface area contributed by atoms with Gasteiger partial charge >= 0.3 is 0 Å². The Bertz CT molecular complexity index is 827. The number of para-hydroxylation sites is 2. The van der Waals surface area contributed by atoms with E-state index in [1.165, 1.54) is 5.56 Å². The van der Waals surface area contributed by atoms with Crippen molar-refractivity contribution in [1.82, 2.24) is 10.2 Å². The van der Waals surface area contributed by atoms with E-state index in [-0.39, 0.29) is 5.91 Å². The molecule has 6 heteroatoms. The molecule has 1 saturated heterocycles. The quantitative estimate of drug-likeness (QED) is 0.772. The fraction of sp³-hybridized carbons (Fsp3) is 0.364. The summed E-state index contributed by atoms with van der Waals surface area (Å²) in [4.78, 5) is 17.2. The number of hydrogen-bond donors (Lipinski definition) is 2. The van der Waals surface area contributed by atoms with Crippen LogP contribution < -0.4 is 15.5 Å². The number of amides is 1. The highest BCUT2D eigenvalue weighted by Crippen LogP contribution is 2.26. The Morgan fingerprint density at radius 3 is 2.29 bits per heavy atom. The van der Waals surface area contributed by atoms with E-state index in [4.69, 9.17) is 12.2 Å². The molecule has 0 aromatic heterocycles. The number of benzene rings is 2. The number of nitrogens with one attached hydrogen (secondary N) is 2. The maximum atomic E-state index is 12.5. The van der Waals surface area contributed by atoms with Crippen molar-refractivity contribution in [2.75, 3.05) is 43.4 Å². The minimum Gasteiger partial charge on any atom is -0.367 e. The monoisotopic (exact) mass is 396 g/mol. The standard InChI is InChI=1S/C22H28N4OS/c1-16(2)17-8-10-18(11-9-17)21(27)24-22(28)23-19-6-4-5-7-20(19)26-14-12-25(3)13-15-26/h4-11,16H,12-15H2,1-3H3,(H2,23,24,27,28). The highest BCUT2D eigenvalue weighted by atomic mass is 32.1. The Morgan fingerprint density at radius 1 is 1.00 bits per heavy atom. The minimum absolute atomic E-state index is 0.204. The first-order valence-corrected chi connectivity index (χ1v) is 10.1. The number of likely N-dealkylation sites (N-methyl/N-ethyl adjacent to an activating group) is 1. The zero-order valence-electron chi connectivity index (χ0n) is 16.7. The van der Waals surface area contributed by atoms with Gasteiger partial charge in [0.15, 0.2) is 5.11 Å². The summed E-state index contributed by atoms with van der Waals surface area (Å²) in [5.41, 5.74) is 3.82. The second kappa shape index (κ2) is 9.17. The van der Waals surface area contributed by atoms with E-state index >= 15 is 0 Å². The molecule has 3 rings (SSSR count). The molecule has 0 saturated carbocycles. The van der Waals surface area contributed by atoms with E-state index in [1.54, 1.807) is 0 Å². The van der Waals surface area contributed by atoms with Crippen LogP contribution in [0.5, 0.6) is 0 Å². The van der Waals surface area contributed by atoms with Gasteiger partial charge in [0.05, 0.1) is 11.4 Å². The maximum Gasteiger partial charge on any atom is 0.257 e. The lowest BCUT2D eigenvalue weighted by Crippen LogP contribution is -2.45. The molecule has 148 valence electrons. The topological polar surface area (TPSA) is 47.6 Å². The van der Waals surface area contributed by atoms with Gasteiger partial charge in [0.1, 0.15) is 0 Å². The summed E-state index contributed by atoms with van der Waals surface area (Å²) in [7, 11) is 2.14. The lowest BCUT2D eigenvalue weighted by molar-refractivity contribution is 0.0977. The molecular weight excluding hydrogens is 368 g/mol. The van der Waals surface area contributed by atoms with Crippen LogP contribution in [0, 0.1) is 0 Å². The van der Waals surface area contributed by atoms with Gasteiger partial charge in [-0.15, -0.1) is 0 Å². The molecule has 1 aliphatic heterocycles. The van der Waals surface area contributed by atoms with Gasteiger partial charge in [0, 0.05) is 31.7 Å². The summed E-state index contributed by atoms with van der Waals surface area (Å²) in [5, 5.41) is 6.28. The Labute approximate surface area is 172 Å². The highest BCUT2D eigenvalue weighted by molar-refractivity contribution is 7.80. The van der Waals surface area contributed by atoms with Crippen LogP contribution in [-0.4, -0.2) is 49.1 Å². The van der Waals surface area contributed by atoms with Crippen LogP contribution in [0.4, 0.5) is 11.4 Å².